The van der Waals surface area contributed by atoms with Gasteiger partial charge in [-0.25, -0.2) is 9.37 Å². The average molecular weight is 377 g/mol. The number of nitrogens with zero attached hydrogens (tertiary/aromatic N) is 4. The summed E-state index contributed by atoms with van der Waals surface area (Å²) in [6.07, 6.45) is 7.09. The highest BCUT2D eigenvalue weighted by atomic mass is 19.1. The molecule has 0 radical (unpaired) electrons. The second-order valence-corrected chi connectivity index (χ2v) is 6.95. The zero-order valence-electron chi connectivity index (χ0n) is 15.3. The number of fused-ring (bicyclic) bond motifs is 1. The van der Waals surface area contributed by atoms with Crippen molar-refractivity contribution in [2.45, 2.75) is 6.04 Å². The van der Waals surface area contributed by atoms with Crippen molar-refractivity contribution in [1.82, 2.24) is 20.1 Å². The molecule has 6 nitrogen and oxygen atoms in total. The Morgan fingerprint density at radius 1 is 1.07 bits per heavy atom. The van der Waals surface area contributed by atoms with Crippen molar-refractivity contribution >= 4 is 16.8 Å². The summed E-state index contributed by atoms with van der Waals surface area (Å²) < 4.78 is 20.1. The van der Waals surface area contributed by atoms with E-state index in [1.165, 1.54) is 6.07 Å². The first-order valence-corrected chi connectivity index (χ1v) is 9.35. The van der Waals surface area contributed by atoms with Crippen LogP contribution in [0.4, 0.5) is 10.2 Å². The number of furan rings is 1. The summed E-state index contributed by atoms with van der Waals surface area (Å²) in [6.45, 7) is 3.19. The van der Waals surface area contributed by atoms with Crippen LogP contribution in [0.5, 0.6) is 0 Å². The lowest BCUT2D eigenvalue weighted by molar-refractivity contribution is 0.208. The van der Waals surface area contributed by atoms with Gasteiger partial charge in [-0.05, 0) is 18.2 Å². The van der Waals surface area contributed by atoms with E-state index in [0.717, 1.165) is 48.5 Å². The first kappa shape index (κ1) is 16.9. The summed E-state index contributed by atoms with van der Waals surface area (Å²) in [5, 5.41) is 7.96. The third-order valence-electron chi connectivity index (χ3n) is 5.37. The highest BCUT2D eigenvalue weighted by Crippen LogP contribution is 2.32. The predicted octanol–water partition coefficient (Wildman–Crippen LogP) is 3.60. The Kier molecular flexibility index (Phi) is 4.29. The van der Waals surface area contributed by atoms with E-state index >= 15 is 0 Å². The van der Waals surface area contributed by atoms with Gasteiger partial charge in [0.25, 0.3) is 0 Å². The molecule has 4 heterocycles. The molecule has 3 aromatic heterocycles. The van der Waals surface area contributed by atoms with Gasteiger partial charge in [0.15, 0.2) is 0 Å². The van der Waals surface area contributed by atoms with Gasteiger partial charge < -0.3 is 9.32 Å². The molecular formula is C21H20FN5O. The number of hydrogen-bond donors (Lipinski definition) is 1. The molecule has 0 saturated carbocycles. The molecule has 7 heteroatoms. The van der Waals surface area contributed by atoms with Gasteiger partial charge in [0.05, 0.1) is 23.9 Å². The molecule has 1 aliphatic heterocycles. The van der Waals surface area contributed by atoms with E-state index in [1.807, 2.05) is 30.5 Å². The number of aromatic nitrogens is 3. The van der Waals surface area contributed by atoms with Crippen LogP contribution < -0.4 is 4.90 Å². The normalized spacial score (nSPS) is 16.5. The highest BCUT2D eigenvalue weighted by Gasteiger charge is 2.29. The van der Waals surface area contributed by atoms with Crippen LogP contribution >= 0.6 is 0 Å². The van der Waals surface area contributed by atoms with E-state index in [1.54, 1.807) is 24.7 Å². The van der Waals surface area contributed by atoms with Crippen molar-refractivity contribution in [3.05, 3.63) is 78.2 Å². The molecule has 142 valence electrons. The van der Waals surface area contributed by atoms with Crippen LogP contribution in [0.15, 0.2) is 65.7 Å². The second kappa shape index (κ2) is 7.09. The van der Waals surface area contributed by atoms with E-state index in [2.05, 4.69) is 25.0 Å². The van der Waals surface area contributed by atoms with Gasteiger partial charge in [0, 0.05) is 49.7 Å². The Hall–Kier alpha value is -3.19. The lowest BCUT2D eigenvalue weighted by Gasteiger charge is -2.39. The standard InChI is InChI=1S/C21H20FN5O/c22-18-4-2-1-3-16(18)20(15-13-24-25-14-15)26-8-10-27(11-9-26)21-17-6-12-28-19(17)5-7-23-21/h1-7,12-14,20H,8-11H2,(H,24,25). The smallest absolute Gasteiger partial charge is 0.139 e. The largest absolute Gasteiger partial charge is 0.464 e. The minimum atomic E-state index is -0.194. The highest BCUT2D eigenvalue weighted by molar-refractivity contribution is 5.88. The van der Waals surface area contributed by atoms with Gasteiger partial charge >= 0.3 is 0 Å². The minimum Gasteiger partial charge on any atom is -0.464 e. The molecule has 0 bridgehead atoms. The monoisotopic (exact) mass is 377 g/mol. The summed E-state index contributed by atoms with van der Waals surface area (Å²) in [7, 11) is 0. The molecule has 0 amide bonds. The molecule has 1 N–H and O–H groups in total. The molecule has 4 aromatic rings. The number of pyridine rings is 1. The third kappa shape index (κ3) is 2.93. The molecule has 1 aliphatic rings. The number of nitrogens with one attached hydrogen (secondary N) is 1. The molecule has 1 atom stereocenters. The van der Waals surface area contributed by atoms with Crippen molar-refractivity contribution < 1.29 is 8.81 Å². The van der Waals surface area contributed by atoms with E-state index in [9.17, 15) is 4.39 Å². The Balaban J connectivity index is 1.41. The fourth-order valence-electron chi connectivity index (χ4n) is 4.02. The van der Waals surface area contributed by atoms with Gasteiger partial charge in [0.2, 0.25) is 0 Å². The van der Waals surface area contributed by atoms with E-state index < -0.39 is 0 Å². The summed E-state index contributed by atoms with van der Waals surface area (Å²) in [4.78, 5) is 9.13. The molecule has 0 spiro atoms. The van der Waals surface area contributed by atoms with Crippen LogP contribution in [0.1, 0.15) is 17.2 Å². The second-order valence-electron chi connectivity index (χ2n) is 6.95. The van der Waals surface area contributed by atoms with Crippen LogP contribution in [0.3, 0.4) is 0 Å². The first-order valence-electron chi connectivity index (χ1n) is 9.35. The lowest BCUT2D eigenvalue weighted by Crippen LogP contribution is -2.48. The maximum Gasteiger partial charge on any atom is 0.139 e. The number of benzene rings is 1. The first-order chi connectivity index (χ1) is 13.8. The van der Waals surface area contributed by atoms with Crippen LogP contribution in [0.25, 0.3) is 11.0 Å². The Labute approximate surface area is 161 Å². The molecule has 28 heavy (non-hydrogen) atoms. The number of anilines is 1. The average Bonchev–Trinajstić information content (AvgIpc) is 3.42. The zero-order chi connectivity index (χ0) is 18.9. The molecule has 1 aromatic carbocycles. The number of rotatable bonds is 4. The molecule has 1 fully saturated rings. The number of H-pyrrole nitrogens is 1. The van der Waals surface area contributed by atoms with Crippen molar-refractivity contribution in [1.29, 1.82) is 0 Å². The molecule has 5 rings (SSSR count). The Bertz CT molecular complexity index is 1070. The summed E-state index contributed by atoms with van der Waals surface area (Å²) >= 11 is 0. The molecular weight excluding hydrogens is 357 g/mol. The quantitative estimate of drug-likeness (QED) is 0.589. The summed E-state index contributed by atoms with van der Waals surface area (Å²) in [6, 6.07) is 10.6. The fraction of sp³-hybridized carbons (Fsp3) is 0.238. The topological polar surface area (TPSA) is 61.2 Å². The van der Waals surface area contributed by atoms with Crippen LogP contribution in [-0.4, -0.2) is 46.3 Å². The summed E-state index contributed by atoms with van der Waals surface area (Å²) in [5.41, 5.74) is 2.48. The number of hydrogen-bond acceptors (Lipinski definition) is 5. The van der Waals surface area contributed by atoms with E-state index in [0.29, 0.717) is 5.56 Å². The summed E-state index contributed by atoms with van der Waals surface area (Å²) in [5.74, 6) is 0.748. The van der Waals surface area contributed by atoms with Crippen molar-refractivity contribution in [2.75, 3.05) is 31.1 Å². The van der Waals surface area contributed by atoms with Crippen LogP contribution in [0, 0.1) is 5.82 Å². The lowest BCUT2D eigenvalue weighted by atomic mass is 9.98. The predicted molar refractivity (Wildman–Crippen MR) is 105 cm³/mol. The van der Waals surface area contributed by atoms with Gasteiger partial charge in [-0.1, -0.05) is 18.2 Å². The molecule has 0 aliphatic carbocycles. The maximum absolute atomic E-state index is 14.6. The minimum absolute atomic E-state index is 0.167. The van der Waals surface area contributed by atoms with E-state index in [-0.39, 0.29) is 11.9 Å². The number of piperazine rings is 1. The van der Waals surface area contributed by atoms with Crippen LogP contribution in [-0.2, 0) is 0 Å². The van der Waals surface area contributed by atoms with Crippen molar-refractivity contribution in [2.24, 2.45) is 0 Å². The van der Waals surface area contributed by atoms with Gasteiger partial charge in [-0.3, -0.25) is 10.00 Å². The van der Waals surface area contributed by atoms with Crippen LogP contribution in [0.2, 0.25) is 0 Å². The van der Waals surface area contributed by atoms with E-state index in [4.69, 9.17) is 4.42 Å². The Morgan fingerprint density at radius 3 is 2.71 bits per heavy atom. The van der Waals surface area contributed by atoms with Gasteiger partial charge in [-0.2, -0.15) is 5.10 Å². The number of aromatic amines is 1. The maximum atomic E-state index is 14.6. The Morgan fingerprint density at radius 2 is 1.93 bits per heavy atom. The zero-order valence-corrected chi connectivity index (χ0v) is 15.3. The van der Waals surface area contributed by atoms with Crippen molar-refractivity contribution in [3.63, 3.8) is 0 Å². The number of halogens is 1. The SMILES string of the molecule is Fc1ccccc1C(c1cn[nH]c1)N1CCN(c2nccc3occc23)CC1. The van der Waals surface area contributed by atoms with Gasteiger partial charge in [-0.15, -0.1) is 0 Å². The van der Waals surface area contributed by atoms with Gasteiger partial charge in [0.1, 0.15) is 17.2 Å². The third-order valence-corrected chi connectivity index (χ3v) is 5.37. The molecule has 1 unspecified atom stereocenters. The fourth-order valence-corrected chi connectivity index (χ4v) is 4.02. The van der Waals surface area contributed by atoms with Crippen molar-refractivity contribution in [3.8, 4) is 0 Å². The molecule has 1 saturated heterocycles.